The van der Waals surface area contributed by atoms with E-state index in [1.165, 1.54) is 0 Å². The maximum absolute atomic E-state index is 12.3. The average Bonchev–Trinajstić information content (AvgIpc) is 3.08. The zero-order valence-electron chi connectivity index (χ0n) is 18.6. The largest absolute Gasteiger partial charge is 0.480 e. The molecule has 32 heavy (non-hydrogen) atoms. The first-order chi connectivity index (χ1) is 15.3. The first-order valence-electron chi connectivity index (χ1n) is 10.9. The van der Waals surface area contributed by atoms with Gasteiger partial charge in [-0.1, -0.05) is 69.3 Å². The van der Waals surface area contributed by atoms with Crippen LogP contribution >= 0.6 is 0 Å². The van der Waals surface area contributed by atoms with Crippen LogP contribution in [0.15, 0.2) is 48.5 Å². The fourth-order valence-electron chi connectivity index (χ4n) is 4.04. The molecule has 2 amide bonds. The molecule has 2 aromatic carbocycles. The van der Waals surface area contributed by atoms with E-state index in [0.717, 1.165) is 22.3 Å². The Morgan fingerprint density at radius 1 is 0.969 bits per heavy atom. The number of alkyl carbamates (subject to hydrolysis) is 1. The molecule has 0 saturated heterocycles. The topological polar surface area (TPSA) is 105 Å². The van der Waals surface area contributed by atoms with E-state index in [-0.39, 0.29) is 43.2 Å². The summed E-state index contributed by atoms with van der Waals surface area (Å²) in [5, 5.41) is 14.4. The molecule has 0 fully saturated rings. The average molecular weight is 439 g/mol. The predicted molar refractivity (Wildman–Crippen MR) is 121 cm³/mol. The summed E-state index contributed by atoms with van der Waals surface area (Å²) in [5.74, 6) is -1.81. The van der Waals surface area contributed by atoms with Crippen molar-refractivity contribution in [3.05, 3.63) is 59.7 Å². The van der Waals surface area contributed by atoms with E-state index >= 15 is 0 Å². The van der Waals surface area contributed by atoms with E-state index < -0.39 is 18.1 Å². The molecular weight excluding hydrogens is 408 g/mol. The molecule has 0 aliphatic heterocycles. The number of hydrogen-bond donors (Lipinski definition) is 3. The van der Waals surface area contributed by atoms with Crippen molar-refractivity contribution >= 4 is 18.0 Å². The summed E-state index contributed by atoms with van der Waals surface area (Å²) in [7, 11) is 0. The molecule has 1 unspecified atom stereocenters. The normalized spacial score (nSPS) is 14.2. The van der Waals surface area contributed by atoms with Gasteiger partial charge in [0.25, 0.3) is 0 Å². The predicted octanol–water partition coefficient (Wildman–Crippen LogP) is 3.78. The van der Waals surface area contributed by atoms with Gasteiger partial charge in [0, 0.05) is 18.9 Å². The summed E-state index contributed by atoms with van der Waals surface area (Å²) >= 11 is 0. The lowest BCUT2D eigenvalue weighted by atomic mass is 9.98. The number of fused-ring (bicyclic) bond motifs is 3. The second-order valence-corrected chi connectivity index (χ2v) is 8.64. The second-order valence-electron chi connectivity index (χ2n) is 8.64. The van der Waals surface area contributed by atoms with Gasteiger partial charge >= 0.3 is 12.1 Å². The van der Waals surface area contributed by atoms with Crippen LogP contribution in [0.25, 0.3) is 11.1 Å². The van der Waals surface area contributed by atoms with E-state index in [1.54, 1.807) is 13.8 Å². The second kappa shape index (κ2) is 10.3. The maximum atomic E-state index is 12.3. The molecule has 0 aromatic heterocycles. The number of carboxylic acid groups (broad SMARTS) is 1. The van der Waals surface area contributed by atoms with E-state index in [0.29, 0.717) is 0 Å². The molecule has 0 spiro atoms. The summed E-state index contributed by atoms with van der Waals surface area (Å²) in [5.41, 5.74) is 4.62. The van der Waals surface area contributed by atoms with Gasteiger partial charge in [0.05, 0.1) is 0 Å². The van der Waals surface area contributed by atoms with Gasteiger partial charge in [-0.2, -0.15) is 0 Å². The van der Waals surface area contributed by atoms with Crippen molar-refractivity contribution in [2.45, 2.75) is 39.2 Å². The fraction of sp³-hybridized carbons (Fsp3) is 0.400. The summed E-state index contributed by atoms with van der Waals surface area (Å²) < 4.78 is 5.49. The number of carbonyl (C=O) groups is 3. The quantitative estimate of drug-likeness (QED) is 0.553. The van der Waals surface area contributed by atoms with E-state index in [1.807, 2.05) is 31.2 Å². The highest BCUT2D eigenvalue weighted by Gasteiger charge is 2.29. The number of aliphatic carboxylic acids is 1. The minimum absolute atomic E-state index is 0.0136. The Morgan fingerprint density at radius 2 is 1.53 bits per heavy atom. The molecule has 2 atom stereocenters. The highest BCUT2D eigenvalue weighted by Crippen LogP contribution is 2.44. The van der Waals surface area contributed by atoms with Crippen molar-refractivity contribution in [1.82, 2.24) is 10.6 Å². The van der Waals surface area contributed by atoms with Crippen molar-refractivity contribution in [3.8, 4) is 11.1 Å². The lowest BCUT2D eigenvalue weighted by Gasteiger charge is -2.19. The molecule has 7 heteroatoms. The van der Waals surface area contributed by atoms with Gasteiger partial charge in [-0.15, -0.1) is 0 Å². The lowest BCUT2D eigenvalue weighted by Crippen LogP contribution is -2.45. The Hall–Kier alpha value is -3.35. The van der Waals surface area contributed by atoms with Gasteiger partial charge in [0.15, 0.2) is 0 Å². The van der Waals surface area contributed by atoms with Crippen LogP contribution in [0, 0.1) is 11.8 Å². The van der Waals surface area contributed by atoms with Crippen LogP contribution in [0.4, 0.5) is 4.79 Å². The van der Waals surface area contributed by atoms with E-state index in [4.69, 9.17) is 4.74 Å². The SMILES string of the molecule is CC(CNC(=O)OCC1c2ccccc2-c2ccccc21)CC(=O)N[C@@H](C(=O)O)C(C)C. The third-order valence-corrected chi connectivity index (χ3v) is 5.72. The van der Waals surface area contributed by atoms with Crippen molar-refractivity contribution in [2.75, 3.05) is 13.2 Å². The maximum Gasteiger partial charge on any atom is 0.407 e. The van der Waals surface area contributed by atoms with E-state index in [2.05, 4.69) is 34.9 Å². The fourth-order valence-corrected chi connectivity index (χ4v) is 4.04. The van der Waals surface area contributed by atoms with Crippen molar-refractivity contribution in [1.29, 1.82) is 0 Å². The number of carboxylic acids is 1. The van der Waals surface area contributed by atoms with Crippen molar-refractivity contribution in [3.63, 3.8) is 0 Å². The van der Waals surface area contributed by atoms with Gasteiger partial charge in [0.1, 0.15) is 12.6 Å². The molecular formula is C25H30N2O5. The molecule has 1 aliphatic carbocycles. The van der Waals surface area contributed by atoms with E-state index in [9.17, 15) is 19.5 Å². The molecule has 1 aliphatic rings. The number of carbonyl (C=O) groups excluding carboxylic acids is 2. The summed E-state index contributed by atoms with van der Waals surface area (Å²) in [6.45, 7) is 5.77. The van der Waals surface area contributed by atoms with Crippen LogP contribution in [0.3, 0.4) is 0 Å². The number of benzene rings is 2. The molecule has 0 heterocycles. The Kier molecular flexibility index (Phi) is 7.51. The third-order valence-electron chi connectivity index (χ3n) is 5.72. The zero-order valence-corrected chi connectivity index (χ0v) is 18.6. The third kappa shape index (κ3) is 5.46. The molecule has 0 radical (unpaired) electrons. The van der Waals surface area contributed by atoms with Crippen LogP contribution in [-0.2, 0) is 14.3 Å². The van der Waals surface area contributed by atoms with Gasteiger partial charge in [-0.3, -0.25) is 4.79 Å². The minimum Gasteiger partial charge on any atom is -0.480 e. The van der Waals surface area contributed by atoms with Crippen LogP contribution in [0.2, 0.25) is 0 Å². The number of rotatable bonds is 9. The minimum atomic E-state index is -1.06. The van der Waals surface area contributed by atoms with Crippen LogP contribution < -0.4 is 10.6 Å². The number of nitrogens with one attached hydrogen (secondary N) is 2. The first-order valence-corrected chi connectivity index (χ1v) is 10.9. The highest BCUT2D eigenvalue weighted by atomic mass is 16.5. The Morgan fingerprint density at radius 3 is 2.06 bits per heavy atom. The number of amides is 2. The smallest absolute Gasteiger partial charge is 0.407 e. The van der Waals surface area contributed by atoms with Crippen LogP contribution in [0.5, 0.6) is 0 Å². The molecule has 3 rings (SSSR count). The monoisotopic (exact) mass is 438 g/mol. The van der Waals surface area contributed by atoms with Gasteiger partial charge in [-0.05, 0) is 34.1 Å². The first kappa shape index (κ1) is 23.3. The Labute approximate surface area is 188 Å². The van der Waals surface area contributed by atoms with Gasteiger partial charge < -0.3 is 20.5 Å². The standard InChI is InChI=1S/C25H30N2O5/c1-15(2)23(24(29)30)27-22(28)12-16(3)13-26-25(31)32-14-21-19-10-6-4-8-17(19)18-9-5-7-11-20(18)21/h4-11,15-16,21,23H,12-14H2,1-3H3,(H,26,31)(H,27,28)(H,29,30)/t16?,23-/m1/s1. The summed E-state index contributed by atoms with van der Waals surface area (Å²) in [4.78, 5) is 35.6. The van der Waals surface area contributed by atoms with Crippen molar-refractivity contribution < 1.29 is 24.2 Å². The molecule has 170 valence electrons. The zero-order chi connectivity index (χ0) is 23.3. The van der Waals surface area contributed by atoms with Crippen molar-refractivity contribution in [2.24, 2.45) is 11.8 Å². The molecule has 0 bridgehead atoms. The molecule has 7 nitrogen and oxygen atoms in total. The Balaban J connectivity index is 1.48. The summed E-state index contributed by atoms with van der Waals surface area (Å²) in [6, 6.07) is 15.3. The Bertz CT molecular complexity index is 942. The van der Waals surface area contributed by atoms with Crippen LogP contribution in [-0.4, -0.2) is 42.3 Å². The molecule has 0 saturated carbocycles. The van der Waals surface area contributed by atoms with Gasteiger partial charge in [-0.25, -0.2) is 9.59 Å². The molecule has 2 aromatic rings. The highest BCUT2D eigenvalue weighted by molar-refractivity contribution is 5.84. The number of hydrogen-bond acceptors (Lipinski definition) is 4. The van der Waals surface area contributed by atoms with Gasteiger partial charge in [0.2, 0.25) is 5.91 Å². The number of ether oxygens (including phenoxy) is 1. The summed E-state index contributed by atoms with van der Waals surface area (Å²) in [6.07, 6.45) is -0.426. The van der Waals surface area contributed by atoms with Crippen LogP contribution in [0.1, 0.15) is 44.2 Å². The molecule has 3 N–H and O–H groups in total. The lowest BCUT2D eigenvalue weighted by molar-refractivity contribution is -0.143.